The van der Waals surface area contributed by atoms with Crippen LogP contribution in [0.25, 0.3) is 11.0 Å². The number of aromatic nitrogens is 2. The van der Waals surface area contributed by atoms with Crippen LogP contribution in [-0.4, -0.2) is 68.8 Å². The molecule has 0 spiro atoms. The summed E-state index contributed by atoms with van der Waals surface area (Å²) in [7, 11) is 2.25. The molecule has 9 nitrogen and oxygen atoms in total. The third-order valence-corrected chi connectivity index (χ3v) is 7.50. The number of hydrogen-bond donors (Lipinski definition) is 1. The van der Waals surface area contributed by atoms with E-state index in [0.717, 1.165) is 11.8 Å². The first-order valence-electron chi connectivity index (χ1n) is 11.2. The first kappa shape index (κ1) is 25.5. The van der Waals surface area contributed by atoms with Crippen LogP contribution >= 0.6 is 0 Å². The summed E-state index contributed by atoms with van der Waals surface area (Å²) in [6.45, 7) is 2.72. The Balaban J connectivity index is 1.62. The largest absolute Gasteiger partial charge is 0.445 e. The van der Waals surface area contributed by atoms with Crippen LogP contribution in [0.3, 0.4) is 0 Å². The Morgan fingerprint density at radius 1 is 1.21 bits per heavy atom. The van der Waals surface area contributed by atoms with Crippen molar-refractivity contribution in [1.82, 2.24) is 14.9 Å². The zero-order valence-corrected chi connectivity index (χ0v) is 20.9. The lowest BCUT2D eigenvalue weighted by molar-refractivity contribution is -0.822. The number of pyridine rings is 2. The van der Waals surface area contributed by atoms with Gasteiger partial charge in [0.15, 0.2) is 5.58 Å². The van der Waals surface area contributed by atoms with E-state index in [9.17, 15) is 13.8 Å². The maximum atomic E-state index is 13.1. The molecule has 1 unspecified atom stereocenters. The highest BCUT2D eigenvalue weighted by Crippen LogP contribution is 2.22. The van der Waals surface area contributed by atoms with Crippen molar-refractivity contribution in [3.05, 3.63) is 54.3 Å². The molecule has 3 heterocycles. The predicted octanol–water partition coefficient (Wildman–Crippen LogP) is 3.69. The number of rotatable bonds is 10. The molecule has 3 aromatic heterocycles. The number of hydrogen-bond acceptors (Lipinski definition) is 7. The van der Waals surface area contributed by atoms with Gasteiger partial charge in [-0.2, -0.15) is 0 Å². The number of carbonyl (C=O) groups excluding carboxylic acids is 2. The highest BCUT2D eigenvalue weighted by molar-refractivity contribution is 7.92. The average Bonchev–Trinajstić information content (AvgIpc) is 3.22. The van der Waals surface area contributed by atoms with Gasteiger partial charge in [-0.05, 0) is 31.0 Å². The molecule has 2 amide bonds. The van der Waals surface area contributed by atoms with Crippen LogP contribution in [0.15, 0.2) is 52.2 Å². The van der Waals surface area contributed by atoms with E-state index >= 15 is 0 Å². The van der Waals surface area contributed by atoms with Crippen LogP contribution in [0.5, 0.6) is 0 Å². The Morgan fingerprint density at radius 3 is 2.62 bits per heavy atom. The summed E-state index contributed by atoms with van der Waals surface area (Å²) < 4.78 is 26.8. The molecule has 0 bridgehead atoms. The first-order chi connectivity index (χ1) is 16.0. The van der Waals surface area contributed by atoms with E-state index in [-0.39, 0.29) is 27.8 Å². The van der Waals surface area contributed by atoms with Crippen LogP contribution in [0.2, 0.25) is 0 Å². The minimum absolute atomic E-state index is 0.0199. The third kappa shape index (κ3) is 6.06. The highest BCUT2D eigenvalue weighted by atomic mass is 32.2. The van der Waals surface area contributed by atoms with Crippen molar-refractivity contribution in [2.24, 2.45) is 0 Å². The van der Waals surface area contributed by atoms with Crippen molar-refractivity contribution in [1.29, 1.82) is 4.78 Å². The minimum atomic E-state index is -3.02. The first-order valence-corrected chi connectivity index (χ1v) is 12.9. The molecule has 0 saturated carbocycles. The summed E-state index contributed by atoms with van der Waals surface area (Å²) >= 11 is 0. The normalized spacial score (nSPS) is 13.5. The fourth-order valence-corrected chi connectivity index (χ4v) is 4.90. The molecule has 0 aliphatic heterocycles. The standard InChI is InChI=1S/C24H32N5O4S/c1-5-7-23(30)28(2)12-6-13-34(25,32)20-9-8-19(27-15-20)17-29(3,4)24(31)21-14-18-10-11-26-16-22(18)33-21/h8-11,14-16,25H,5-7,12-13,17H2,1-4H3/q+1. The maximum absolute atomic E-state index is 13.1. The second kappa shape index (κ2) is 10.4. The van der Waals surface area contributed by atoms with Gasteiger partial charge < -0.3 is 9.32 Å². The minimum Gasteiger partial charge on any atom is -0.445 e. The molecule has 10 heteroatoms. The molecule has 0 aliphatic carbocycles. The summed E-state index contributed by atoms with van der Waals surface area (Å²) in [6, 6.07) is 6.84. The van der Waals surface area contributed by atoms with Gasteiger partial charge in [0.05, 0.1) is 40.6 Å². The number of amides is 2. The van der Waals surface area contributed by atoms with E-state index < -0.39 is 9.73 Å². The Kier molecular flexibility index (Phi) is 7.83. The Morgan fingerprint density at radius 2 is 1.97 bits per heavy atom. The molecule has 1 N–H and O–H groups in total. The van der Waals surface area contributed by atoms with E-state index in [1.54, 1.807) is 62.7 Å². The summed E-state index contributed by atoms with van der Waals surface area (Å²) in [6.07, 6.45) is 6.42. The fraction of sp³-hybridized carbons (Fsp3) is 0.417. The van der Waals surface area contributed by atoms with Crippen molar-refractivity contribution in [2.75, 3.05) is 33.4 Å². The number of furan rings is 1. The van der Waals surface area contributed by atoms with Crippen LogP contribution in [0.1, 0.15) is 42.4 Å². The van der Waals surface area contributed by atoms with Gasteiger partial charge in [-0.3, -0.25) is 19.2 Å². The Bertz CT molecular complexity index is 1230. The molecule has 1 atom stereocenters. The van der Waals surface area contributed by atoms with Gasteiger partial charge in [-0.1, -0.05) is 6.92 Å². The molecule has 0 fully saturated rings. The van der Waals surface area contributed by atoms with Gasteiger partial charge in [-0.15, -0.1) is 0 Å². The van der Waals surface area contributed by atoms with Crippen LogP contribution in [0, 0.1) is 4.78 Å². The molecule has 34 heavy (non-hydrogen) atoms. The summed E-state index contributed by atoms with van der Waals surface area (Å²) in [5.74, 6) is 0.257. The molecule has 0 saturated heterocycles. The Labute approximate surface area is 200 Å². The van der Waals surface area contributed by atoms with Gasteiger partial charge in [0, 0.05) is 49.6 Å². The van der Waals surface area contributed by atoms with Gasteiger partial charge in [0.1, 0.15) is 6.54 Å². The lowest BCUT2D eigenvalue weighted by atomic mass is 10.2. The smallest absolute Gasteiger partial charge is 0.381 e. The van der Waals surface area contributed by atoms with Crippen LogP contribution < -0.4 is 0 Å². The molecule has 3 aromatic rings. The molecule has 0 radical (unpaired) electrons. The summed E-state index contributed by atoms with van der Waals surface area (Å²) in [5, 5.41) is 0.812. The zero-order valence-electron chi connectivity index (χ0n) is 20.1. The lowest BCUT2D eigenvalue weighted by Gasteiger charge is -2.25. The molecular weight excluding hydrogens is 454 g/mol. The number of nitrogens with zero attached hydrogens (tertiary/aromatic N) is 4. The topological polar surface area (TPSA) is 117 Å². The molecule has 0 aromatic carbocycles. The van der Waals surface area contributed by atoms with E-state index in [1.807, 2.05) is 6.92 Å². The molecule has 0 aliphatic rings. The van der Waals surface area contributed by atoms with Crippen molar-refractivity contribution in [2.45, 2.75) is 37.6 Å². The van der Waals surface area contributed by atoms with Gasteiger partial charge in [0.25, 0.3) is 0 Å². The number of carbonyl (C=O) groups is 2. The maximum Gasteiger partial charge on any atom is 0.381 e. The number of nitrogens with one attached hydrogen (secondary N) is 1. The van der Waals surface area contributed by atoms with Crippen molar-refractivity contribution in [3.63, 3.8) is 0 Å². The fourth-order valence-electron chi connectivity index (χ4n) is 3.62. The second-order valence-corrected chi connectivity index (χ2v) is 11.2. The third-order valence-electron chi connectivity index (χ3n) is 5.63. The van der Waals surface area contributed by atoms with Crippen molar-refractivity contribution in [3.8, 4) is 0 Å². The van der Waals surface area contributed by atoms with Gasteiger partial charge in [-0.25, -0.2) is 13.8 Å². The highest BCUT2D eigenvalue weighted by Gasteiger charge is 2.32. The number of quaternary nitrogens is 1. The lowest BCUT2D eigenvalue weighted by Crippen LogP contribution is -2.44. The van der Waals surface area contributed by atoms with E-state index in [1.165, 1.54) is 6.20 Å². The Hall–Kier alpha value is -3.11. The molecule has 182 valence electrons. The van der Waals surface area contributed by atoms with Crippen molar-refractivity contribution < 1.29 is 22.7 Å². The second-order valence-electron chi connectivity index (χ2n) is 8.96. The molecule has 3 rings (SSSR count). The van der Waals surface area contributed by atoms with Crippen LogP contribution in [0.4, 0.5) is 0 Å². The number of fused-ring (bicyclic) bond motifs is 1. The summed E-state index contributed by atoms with van der Waals surface area (Å²) in [5.41, 5.74) is 1.19. The van der Waals surface area contributed by atoms with E-state index in [0.29, 0.717) is 42.1 Å². The van der Waals surface area contributed by atoms with Gasteiger partial charge >= 0.3 is 5.91 Å². The quantitative estimate of drug-likeness (QED) is 0.437. The predicted molar refractivity (Wildman–Crippen MR) is 130 cm³/mol. The monoisotopic (exact) mass is 486 g/mol. The summed E-state index contributed by atoms with van der Waals surface area (Å²) in [4.78, 5) is 35.3. The van der Waals surface area contributed by atoms with Crippen molar-refractivity contribution >= 4 is 32.5 Å². The van der Waals surface area contributed by atoms with Gasteiger partial charge in [0.2, 0.25) is 11.7 Å². The average molecular weight is 487 g/mol. The SMILES string of the molecule is CCCC(=O)N(C)CCCS(=N)(=O)c1ccc(C[N+](C)(C)C(=O)c2cc3ccncc3o2)nc1. The zero-order chi connectivity index (χ0) is 24.9. The molecular formula is C24H32N5O4S+. The van der Waals surface area contributed by atoms with E-state index in [4.69, 9.17) is 9.20 Å². The van der Waals surface area contributed by atoms with E-state index in [2.05, 4.69) is 9.97 Å². The van der Waals surface area contributed by atoms with Crippen LogP contribution in [-0.2, 0) is 21.1 Å².